The van der Waals surface area contributed by atoms with E-state index < -0.39 is 22.1 Å². The number of hydrogen-bond donors (Lipinski definition) is 2. The normalized spacial score (nSPS) is 13.8. The van der Waals surface area contributed by atoms with Gasteiger partial charge in [-0.3, -0.25) is 4.79 Å². The van der Waals surface area contributed by atoms with Crippen molar-refractivity contribution in [3.8, 4) is 0 Å². The zero-order valence-electron chi connectivity index (χ0n) is 10.0. The highest BCUT2D eigenvalue weighted by molar-refractivity contribution is 7.91. The summed E-state index contributed by atoms with van der Waals surface area (Å²) in [5, 5.41) is 17.8. The second kappa shape index (κ2) is 5.79. The van der Waals surface area contributed by atoms with E-state index in [2.05, 4.69) is 0 Å². The van der Waals surface area contributed by atoms with E-state index in [0.717, 1.165) is 15.6 Å². The Labute approximate surface area is 110 Å². The number of thiophene rings is 1. The molecule has 1 atom stereocenters. The van der Waals surface area contributed by atoms with Crippen molar-refractivity contribution in [2.24, 2.45) is 0 Å². The first kappa shape index (κ1) is 15.1. The fourth-order valence-electron chi connectivity index (χ4n) is 1.36. The number of aliphatic hydroxyl groups is 1. The number of nitrogens with zero attached hydrogens (tertiary/aromatic N) is 1. The second-order valence-electron chi connectivity index (χ2n) is 3.93. The first-order valence-electron chi connectivity index (χ1n) is 5.18. The summed E-state index contributed by atoms with van der Waals surface area (Å²) < 4.78 is 25.2. The molecule has 1 aromatic heterocycles. The lowest BCUT2D eigenvalue weighted by molar-refractivity contribution is -0.136. The van der Waals surface area contributed by atoms with E-state index >= 15 is 0 Å². The van der Waals surface area contributed by atoms with E-state index in [1.807, 2.05) is 0 Å². The summed E-state index contributed by atoms with van der Waals surface area (Å²) in [4.78, 5) is 11.0. The lowest BCUT2D eigenvalue weighted by Crippen LogP contribution is -2.32. The SMILES string of the molecule is CC(O)CN(C)S(=O)(=O)c1ccc(CC(=O)O)s1. The quantitative estimate of drug-likeness (QED) is 0.790. The first-order valence-corrected chi connectivity index (χ1v) is 7.44. The maximum absolute atomic E-state index is 12.0. The van der Waals surface area contributed by atoms with Crippen LogP contribution in [-0.2, 0) is 21.2 Å². The van der Waals surface area contributed by atoms with Gasteiger partial charge in [-0.15, -0.1) is 11.3 Å². The van der Waals surface area contributed by atoms with Crippen LogP contribution in [0.2, 0.25) is 0 Å². The summed E-state index contributed by atoms with van der Waals surface area (Å²) in [6, 6.07) is 2.87. The van der Waals surface area contributed by atoms with Crippen LogP contribution in [0, 0.1) is 0 Å². The molecule has 8 heteroatoms. The Morgan fingerprint density at radius 1 is 1.50 bits per heavy atom. The van der Waals surface area contributed by atoms with Crippen molar-refractivity contribution in [2.75, 3.05) is 13.6 Å². The molecule has 1 aromatic rings. The average molecular weight is 293 g/mol. The maximum Gasteiger partial charge on any atom is 0.308 e. The molecular formula is C10H15NO5S2. The number of aliphatic carboxylic acids is 1. The third-order valence-corrected chi connectivity index (χ3v) is 5.52. The number of likely N-dealkylation sites (N-methyl/N-ethyl adjacent to an activating group) is 1. The number of carboxylic acid groups (broad SMARTS) is 1. The predicted octanol–water partition coefficient (Wildman–Crippen LogP) is 0.376. The molecule has 0 saturated carbocycles. The van der Waals surface area contributed by atoms with E-state index in [9.17, 15) is 18.3 Å². The molecule has 0 aliphatic rings. The number of sulfonamides is 1. The smallest absolute Gasteiger partial charge is 0.308 e. The van der Waals surface area contributed by atoms with Crippen molar-refractivity contribution in [1.29, 1.82) is 0 Å². The van der Waals surface area contributed by atoms with E-state index in [0.29, 0.717) is 4.88 Å². The van der Waals surface area contributed by atoms with Crippen LogP contribution >= 0.6 is 11.3 Å². The van der Waals surface area contributed by atoms with Crippen molar-refractivity contribution in [2.45, 2.75) is 23.7 Å². The number of carboxylic acids is 1. The monoisotopic (exact) mass is 293 g/mol. The van der Waals surface area contributed by atoms with Gasteiger partial charge in [0.05, 0.1) is 12.5 Å². The zero-order valence-corrected chi connectivity index (χ0v) is 11.7. The van der Waals surface area contributed by atoms with Crippen molar-refractivity contribution in [3.05, 3.63) is 17.0 Å². The number of rotatable bonds is 6. The second-order valence-corrected chi connectivity index (χ2v) is 7.37. The summed E-state index contributed by atoms with van der Waals surface area (Å²) in [5.41, 5.74) is 0. The number of carbonyl (C=O) groups is 1. The van der Waals surface area contributed by atoms with Crippen LogP contribution < -0.4 is 0 Å². The summed E-state index contributed by atoms with van der Waals surface area (Å²) in [6.45, 7) is 1.49. The van der Waals surface area contributed by atoms with Crippen molar-refractivity contribution < 1.29 is 23.4 Å². The highest BCUT2D eigenvalue weighted by Gasteiger charge is 2.24. The first-order chi connectivity index (χ1) is 8.23. The van der Waals surface area contributed by atoms with E-state index in [1.54, 1.807) is 0 Å². The molecule has 18 heavy (non-hydrogen) atoms. The van der Waals surface area contributed by atoms with Gasteiger partial charge in [0.15, 0.2) is 0 Å². The molecule has 6 nitrogen and oxygen atoms in total. The maximum atomic E-state index is 12.0. The van der Waals surface area contributed by atoms with Crippen LogP contribution in [0.3, 0.4) is 0 Å². The highest BCUT2D eigenvalue weighted by atomic mass is 32.2. The predicted molar refractivity (Wildman–Crippen MR) is 67.2 cm³/mol. The summed E-state index contributed by atoms with van der Waals surface area (Å²) in [6.07, 6.45) is -0.955. The van der Waals surface area contributed by atoms with Crippen LogP contribution in [0.1, 0.15) is 11.8 Å². The number of hydrogen-bond acceptors (Lipinski definition) is 5. The molecule has 0 saturated heterocycles. The molecule has 0 aliphatic carbocycles. The van der Waals surface area contributed by atoms with Gasteiger partial charge in [-0.2, -0.15) is 4.31 Å². The lowest BCUT2D eigenvalue weighted by Gasteiger charge is -2.17. The van der Waals surface area contributed by atoms with Crippen molar-refractivity contribution in [1.82, 2.24) is 4.31 Å². The van der Waals surface area contributed by atoms with Gasteiger partial charge in [0, 0.05) is 18.5 Å². The van der Waals surface area contributed by atoms with Gasteiger partial charge in [0.1, 0.15) is 4.21 Å². The van der Waals surface area contributed by atoms with Crippen molar-refractivity contribution in [3.63, 3.8) is 0 Å². The minimum absolute atomic E-state index is 0.00546. The molecule has 0 fully saturated rings. The molecule has 0 bridgehead atoms. The molecule has 1 heterocycles. The fraction of sp³-hybridized carbons (Fsp3) is 0.500. The number of aliphatic hydroxyl groups excluding tert-OH is 1. The topological polar surface area (TPSA) is 94.9 Å². The van der Waals surface area contributed by atoms with Gasteiger partial charge >= 0.3 is 5.97 Å². The van der Waals surface area contributed by atoms with Crippen LogP contribution in [0.5, 0.6) is 0 Å². The summed E-state index contributed by atoms with van der Waals surface area (Å²) >= 11 is 0.931. The standard InChI is InChI=1S/C10H15NO5S2/c1-7(12)6-11(2)18(15,16)10-4-3-8(17-10)5-9(13)14/h3-4,7,12H,5-6H2,1-2H3,(H,13,14). The molecule has 0 aliphatic heterocycles. The summed E-state index contributed by atoms with van der Waals surface area (Å²) in [7, 11) is -2.28. The Morgan fingerprint density at radius 2 is 2.11 bits per heavy atom. The Kier molecular flexibility index (Phi) is 4.85. The van der Waals surface area contributed by atoms with E-state index in [4.69, 9.17) is 5.11 Å². The van der Waals surface area contributed by atoms with Gasteiger partial charge in [-0.25, -0.2) is 8.42 Å². The van der Waals surface area contributed by atoms with Crippen molar-refractivity contribution >= 4 is 27.3 Å². The minimum atomic E-state index is -3.65. The Balaban J connectivity index is 2.91. The molecule has 0 radical (unpaired) electrons. The van der Waals surface area contributed by atoms with Gasteiger partial charge < -0.3 is 10.2 Å². The lowest BCUT2D eigenvalue weighted by atomic mass is 10.3. The van der Waals surface area contributed by atoms with Gasteiger partial charge in [-0.05, 0) is 19.1 Å². The Hall–Kier alpha value is -0.960. The molecule has 0 spiro atoms. The molecule has 1 rings (SSSR count). The Bertz CT molecular complexity index is 520. The van der Waals surface area contributed by atoms with Gasteiger partial charge in [0.2, 0.25) is 0 Å². The third kappa shape index (κ3) is 3.77. The largest absolute Gasteiger partial charge is 0.481 e. The molecule has 2 N–H and O–H groups in total. The highest BCUT2D eigenvalue weighted by Crippen LogP contribution is 2.24. The zero-order chi connectivity index (χ0) is 13.9. The Morgan fingerprint density at radius 3 is 2.61 bits per heavy atom. The molecule has 0 aromatic carbocycles. The molecule has 0 amide bonds. The van der Waals surface area contributed by atoms with Gasteiger partial charge in [0.25, 0.3) is 10.0 Å². The van der Waals surface area contributed by atoms with Crippen LogP contribution in [-0.4, -0.2) is 48.6 Å². The van der Waals surface area contributed by atoms with Gasteiger partial charge in [-0.1, -0.05) is 0 Å². The minimum Gasteiger partial charge on any atom is -0.481 e. The van der Waals surface area contributed by atoms with Crippen LogP contribution in [0.25, 0.3) is 0 Å². The summed E-state index contributed by atoms with van der Waals surface area (Å²) in [5.74, 6) is -1.00. The molecule has 1 unspecified atom stereocenters. The average Bonchev–Trinajstić information content (AvgIpc) is 2.64. The third-order valence-electron chi connectivity index (χ3n) is 2.15. The van der Waals surface area contributed by atoms with Crippen LogP contribution in [0.15, 0.2) is 16.3 Å². The van der Waals surface area contributed by atoms with Crippen LogP contribution in [0.4, 0.5) is 0 Å². The fourth-order valence-corrected chi connectivity index (χ4v) is 4.17. The molecule has 102 valence electrons. The molecular weight excluding hydrogens is 278 g/mol. The van der Waals surface area contributed by atoms with E-state index in [-0.39, 0.29) is 17.2 Å². The van der Waals surface area contributed by atoms with E-state index in [1.165, 1.54) is 26.1 Å².